The highest BCUT2D eigenvalue weighted by Gasteiger charge is 2.14. The van der Waals surface area contributed by atoms with E-state index in [9.17, 15) is 4.79 Å². The lowest BCUT2D eigenvalue weighted by Gasteiger charge is -2.08. The third-order valence-electron chi connectivity index (χ3n) is 4.31. The summed E-state index contributed by atoms with van der Waals surface area (Å²) in [4.78, 5) is 12.4. The number of hydrogen-bond acceptors (Lipinski definition) is 8. The lowest BCUT2D eigenvalue weighted by molar-refractivity contribution is 0.0463. The van der Waals surface area contributed by atoms with Gasteiger partial charge in [-0.15, -0.1) is 0 Å². The molecule has 0 fully saturated rings. The van der Waals surface area contributed by atoms with E-state index in [2.05, 4.69) is 10.3 Å². The van der Waals surface area contributed by atoms with Gasteiger partial charge in [0.25, 0.3) is 0 Å². The second-order valence-corrected chi connectivity index (χ2v) is 6.36. The highest BCUT2D eigenvalue weighted by atomic mass is 16.5. The average Bonchev–Trinajstić information content (AvgIpc) is 3.47. The van der Waals surface area contributed by atoms with E-state index in [4.69, 9.17) is 22.9 Å². The first-order valence-corrected chi connectivity index (χ1v) is 8.91. The lowest BCUT2D eigenvalue weighted by atomic mass is 10.2. The van der Waals surface area contributed by atoms with Gasteiger partial charge in [-0.2, -0.15) is 0 Å². The molecule has 0 aliphatic carbocycles. The van der Waals surface area contributed by atoms with Gasteiger partial charge in [-0.1, -0.05) is 16.4 Å². The van der Waals surface area contributed by atoms with Gasteiger partial charge in [-0.25, -0.2) is 4.79 Å². The third kappa shape index (κ3) is 4.21. The zero-order valence-electron chi connectivity index (χ0n) is 15.9. The SMILES string of the molecule is Cc1noc(C)c1COc1cccc(C(=O)OCc2cc(-c3ccco3)on2)c1. The highest BCUT2D eigenvalue weighted by Crippen LogP contribution is 2.22. The van der Waals surface area contributed by atoms with Crippen LogP contribution in [-0.4, -0.2) is 16.3 Å². The molecule has 8 nitrogen and oxygen atoms in total. The minimum atomic E-state index is -0.490. The molecule has 4 aromatic rings. The second-order valence-electron chi connectivity index (χ2n) is 6.36. The van der Waals surface area contributed by atoms with E-state index in [1.807, 2.05) is 13.8 Å². The average molecular weight is 394 g/mol. The van der Waals surface area contributed by atoms with Gasteiger partial charge in [0.05, 0.1) is 23.1 Å². The molecule has 0 N–H and O–H groups in total. The summed E-state index contributed by atoms with van der Waals surface area (Å²) in [6.07, 6.45) is 1.54. The second kappa shape index (κ2) is 8.05. The van der Waals surface area contributed by atoms with Gasteiger partial charge in [-0.05, 0) is 44.2 Å². The highest BCUT2D eigenvalue weighted by molar-refractivity contribution is 5.89. The number of furan rings is 1. The Bertz CT molecular complexity index is 1090. The third-order valence-corrected chi connectivity index (χ3v) is 4.31. The molecule has 29 heavy (non-hydrogen) atoms. The molecular formula is C21H18N2O6. The summed E-state index contributed by atoms with van der Waals surface area (Å²) < 4.78 is 26.6. The molecule has 3 heterocycles. The van der Waals surface area contributed by atoms with Crippen LogP contribution in [0.4, 0.5) is 0 Å². The van der Waals surface area contributed by atoms with Crippen molar-refractivity contribution in [2.45, 2.75) is 27.1 Å². The first-order valence-electron chi connectivity index (χ1n) is 8.91. The van der Waals surface area contributed by atoms with Gasteiger partial charge >= 0.3 is 5.97 Å². The summed E-state index contributed by atoms with van der Waals surface area (Å²) >= 11 is 0. The number of ether oxygens (including phenoxy) is 2. The predicted molar refractivity (Wildman–Crippen MR) is 100 cm³/mol. The van der Waals surface area contributed by atoms with E-state index in [0.29, 0.717) is 40.9 Å². The molecule has 0 radical (unpaired) electrons. The first-order chi connectivity index (χ1) is 14.1. The summed E-state index contributed by atoms with van der Waals surface area (Å²) in [5, 5.41) is 7.77. The minimum Gasteiger partial charge on any atom is -0.489 e. The number of benzene rings is 1. The maximum absolute atomic E-state index is 12.4. The van der Waals surface area contributed by atoms with E-state index in [-0.39, 0.29) is 6.61 Å². The van der Waals surface area contributed by atoms with Crippen molar-refractivity contribution >= 4 is 5.97 Å². The molecule has 0 amide bonds. The largest absolute Gasteiger partial charge is 0.489 e. The first kappa shape index (κ1) is 18.5. The van der Waals surface area contributed by atoms with Gasteiger partial charge in [0.2, 0.25) is 5.76 Å². The van der Waals surface area contributed by atoms with E-state index >= 15 is 0 Å². The molecule has 0 aliphatic heterocycles. The van der Waals surface area contributed by atoms with Crippen LogP contribution in [0.1, 0.15) is 33.1 Å². The summed E-state index contributed by atoms with van der Waals surface area (Å²) in [6, 6.07) is 11.9. The van der Waals surface area contributed by atoms with Crippen molar-refractivity contribution < 1.29 is 27.7 Å². The maximum Gasteiger partial charge on any atom is 0.338 e. The van der Waals surface area contributed by atoms with E-state index < -0.39 is 5.97 Å². The Hall–Kier alpha value is -3.81. The Labute approximate surface area is 166 Å². The number of nitrogens with zero attached hydrogens (tertiary/aromatic N) is 2. The standard InChI is InChI=1S/C21H18N2O6/c1-13-18(14(2)28-22-13)12-26-17-6-3-5-15(9-17)21(24)27-11-16-10-20(29-23-16)19-7-4-8-25-19/h3-10H,11-12H2,1-2H3. The topological polar surface area (TPSA) is 101 Å². The Morgan fingerprint density at radius 3 is 2.66 bits per heavy atom. The monoisotopic (exact) mass is 394 g/mol. The van der Waals surface area contributed by atoms with Crippen LogP contribution >= 0.6 is 0 Å². The van der Waals surface area contributed by atoms with E-state index in [0.717, 1.165) is 11.3 Å². The van der Waals surface area contributed by atoms with Crippen LogP contribution in [0.3, 0.4) is 0 Å². The van der Waals surface area contributed by atoms with E-state index in [1.165, 1.54) is 6.26 Å². The quantitative estimate of drug-likeness (QED) is 0.423. The lowest BCUT2D eigenvalue weighted by Crippen LogP contribution is -2.06. The molecule has 0 saturated carbocycles. The van der Waals surface area contributed by atoms with E-state index in [1.54, 1.807) is 42.5 Å². The minimum absolute atomic E-state index is 0.0206. The molecule has 8 heteroatoms. The Morgan fingerprint density at radius 1 is 1.00 bits per heavy atom. The molecule has 0 atom stereocenters. The molecule has 0 bridgehead atoms. The van der Waals surface area contributed by atoms with Gasteiger partial charge in [0.1, 0.15) is 30.4 Å². The fraction of sp³-hybridized carbons (Fsp3) is 0.190. The molecular weight excluding hydrogens is 376 g/mol. The van der Waals surface area contributed by atoms with Crippen LogP contribution in [0.15, 0.2) is 62.2 Å². The summed E-state index contributed by atoms with van der Waals surface area (Å²) in [5.74, 6) is 1.78. The summed E-state index contributed by atoms with van der Waals surface area (Å²) in [5.41, 5.74) is 2.52. The van der Waals surface area contributed by atoms with Crippen molar-refractivity contribution in [2.75, 3.05) is 0 Å². The van der Waals surface area contributed by atoms with Crippen LogP contribution < -0.4 is 4.74 Å². The number of aryl methyl sites for hydroxylation is 2. The van der Waals surface area contributed by atoms with Crippen molar-refractivity contribution in [1.29, 1.82) is 0 Å². The van der Waals surface area contributed by atoms with Crippen molar-refractivity contribution in [3.05, 3.63) is 77.0 Å². The van der Waals surface area contributed by atoms with Gasteiger partial charge in [0, 0.05) is 6.07 Å². The van der Waals surface area contributed by atoms with Crippen LogP contribution in [0, 0.1) is 13.8 Å². The Kier molecular flexibility index (Phi) is 5.15. The molecule has 1 aromatic carbocycles. The van der Waals surface area contributed by atoms with Crippen LogP contribution in [0.2, 0.25) is 0 Å². The van der Waals surface area contributed by atoms with Crippen molar-refractivity contribution in [1.82, 2.24) is 10.3 Å². The molecule has 148 valence electrons. The van der Waals surface area contributed by atoms with Gasteiger partial charge in [-0.3, -0.25) is 0 Å². The molecule has 4 rings (SSSR count). The Balaban J connectivity index is 1.36. The Morgan fingerprint density at radius 2 is 1.90 bits per heavy atom. The van der Waals surface area contributed by atoms with Crippen molar-refractivity contribution in [2.24, 2.45) is 0 Å². The number of hydrogen-bond donors (Lipinski definition) is 0. The molecule has 0 saturated heterocycles. The van der Waals surface area contributed by atoms with Crippen molar-refractivity contribution in [3.63, 3.8) is 0 Å². The molecule has 3 aromatic heterocycles. The number of aromatic nitrogens is 2. The number of carbonyl (C=O) groups excluding carboxylic acids is 1. The molecule has 0 aliphatic rings. The van der Waals surface area contributed by atoms with Crippen molar-refractivity contribution in [3.8, 4) is 17.3 Å². The zero-order valence-corrected chi connectivity index (χ0v) is 15.9. The summed E-state index contributed by atoms with van der Waals surface area (Å²) in [7, 11) is 0. The van der Waals surface area contributed by atoms with Crippen LogP contribution in [0.5, 0.6) is 5.75 Å². The van der Waals surface area contributed by atoms with Crippen LogP contribution in [-0.2, 0) is 18.0 Å². The normalized spacial score (nSPS) is 10.8. The van der Waals surface area contributed by atoms with Gasteiger partial charge < -0.3 is 22.9 Å². The smallest absolute Gasteiger partial charge is 0.338 e. The maximum atomic E-state index is 12.4. The number of rotatable bonds is 7. The fourth-order valence-corrected chi connectivity index (χ4v) is 2.71. The predicted octanol–water partition coefficient (Wildman–Crippen LogP) is 4.48. The van der Waals surface area contributed by atoms with Gasteiger partial charge in [0.15, 0.2) is 5.76 Å². The number of carbonyl (C=O) groups is 1. The molecule has 0 spiro atoms. The molecule has 0 unspecified atom stereocenters. The summed E-state index contributed by atoms with van der Waals surface area (Å²) in [6.45, 7) is 3.96. The zero-order chi connectivity index (χ0) is 20.2. The number of esters is 1. The van der Waals surface area contributed by atoms with Crippen LogP contribution in [0.25, 0.3) is 11.5 Å². The fourth-order valence-electron chi connectivity index (χ4n) is 2.71.